The van der Waals surface area contributed by atoms with E-state index in [1.807, 2.05) is 36.6 Å². The Bertz CT molecular complexity index is 511. The lowest BCUT2D eigenvalue weighted by Crippen LogP contribution is -2.27. The van der Waals surface area contributed by atoms with Crippen LogP contribution in [0.25, 0.3) is 0 Å². The van der Waals surface area contributed by atoms with Gasteiger partial charge in [-0.05, 0) is 32.0 Å². The number of nitrogens with one attached hydrogen (secondary N) is 1. The van der Waals surface area contributed by atoms with Gasteiger partial charge in [0.15, 0.2) is 0 Å². The molecule has 2 rings (SSSR count). The van der Waals surface area contributed by atoms with E-state index in [-0.39, 0.29) is 6.04 Å². The zero-order valence-electron chi connectivity index (χ0n) is 11.5. The molecule has 2 aromatic rings. The highest BCUT2D eigenvalue weighted by Gasteiger charge is 2.20. The van der Waals surface area contributed by atoms with Crippen molar-refractivity contribution in [2.45, 2.75) is 26.3 Å². The molecule has 5 heteroatoms. The Morgan fingerprint density at radius 1 is 1.28 bits per heavy atom. The standard InChI is InChI=1S/C13H21N5/c1-5-7-14-13(11-6-8-15-17(11)3)12-9-10(2)16-18(12)4/h6,8-9,13-14H,5,7H2,1-4H3. The quantitative estimate of drug-likeness (QED) is 0.872. The number of aryl methyl sites for hydroxylation is 3. The van der Waals surface area contributed by atoms with Gasteiger partial charge in [-0.3, -0.25) is 9.36 Å². The molecule has 2 heterocycles. The lowest BCUT2D eigenvalue weighted by atomic mass is 10.1. The van der Waals surface area contributed by atoms with Crippen LogP contribution in [-0.4, -0.2) is 26.1 Å². The van der Waals surface area contributed by atoms with E-state index in [2.05, 4.69) is 34.6 Å². The van der Waals surface area contributed by atoms with Crippen molar-refractivity contribution in [2.24, 2.45) is 14.1 Å². The van der Waals surface area contributed by atoms with Crippen LogP contribution < -0.4 is 5.32 Å². The topological polar surface area (TPSA) is 47.7 Å². The number of rotatable bonds is 5. The number of hydrogen-bond acceptors (Lipinski definition) is 3. The average Bonchev–Trinajstić information content (AvgIpc) is 2.87. The van der Waals surface area contributed by atoms with Crippen LogP contribution in [0.4, 0.5) is 0 Å². The molecule has 0 aliphatic rings. The lowest BCUT2D eigenvalue weighted by molar-refractivity contribution is 0.520. The van der Waals surface area contributed by atoms with Gasteiger partial charge in [-0.2, -0.15) is 10.2 Å². The van der Waals surface area contributed by atoms with Gasteiger partial charge in [0, 0.05) is 20.3 Å². The summed E-state index contributed by atoms with van der Waals surface area (Å²) in [6.45, 7) is 5.16. The second-order valence-corrected chi connectivity index (χ2v) is 4.60. The van der Waals surface area contributed by atoms with E-state index >= 15 is 0 Å². The van der Waals surface area contributed by atoms with Gasteiger partial charge in [0.05, 0.1) is 23.1 Å². The SMILES string of the molecule is CCCNC(c1ccnn1C)c1cc(C)nn1C. The maximum absolute atomic E-state index is 4.43. The molecule has 2 aromatic heterocycles. The van der Waals surface area contributed by atoms with Crippen molar-refractivity contribution in [1.82, 2.24) is 24.9 Å². The summed E-state index contributed by atoms with van der Waals surface area (Å²) in [5.41, 5.74) is 3.37. The maximum atomic E-state index is 4.43. The molecule has 0 saturated heterocycles. The van der Waals surface area contributed by atoms with E-state index < -0.39 is 0 Å². The van der Waals surface area contributed by atoms with Crippen molar-refractivity contribution in [3.8, 4) is 0 Å². The van der Waals surface area contributed by atoms with Gasteiger partial charge < -0.3 is 5.32 Å². The fourth-order valence-electron chi connectivity index (χ4n) is 2.22. The van der Waals surface area contributed by atoms with E-state index in [1.165, 1.54) is 5.69 Å². The normalized spacial score (nSPS) is 12.9. The molecule has 98 valence electrons. The van der Waals surface area contributed by atoms with Crippen molar-refractivity contribution >= 4 is 0 Å². The molecule has 0 fully saturated rings. The average molecular weight is 247 g/mol. The fraction of sp³-hybridized carbons (Fsp3) is 0.538. The summed E-state index contributed by atoms with van der Waals surface area (Å²) in [6.07, 6.45) is 2.93. The van der Waals surface area contributed by atoms with Crippen LogP contribution in [0.15, 0.2) is 18.3 Å². The summed E-state index contributed by atoms with van der Waals surface area (Å²) < 4.78 is 3.85. The first-order valence-corrected chi connectivity index (χ1v) is 6.35. The van der Waals surface area contributed by atoms with Gasteiger partial charge in [0.25, 0.3) is 0 Å². The Hall–Kier alpha value is -1.62. The summed E-state index contributed by atoms with van der Waals surface area (Å²) in [5.74, 6) is 0. The first-order chi connectivity index (χ1) is 8.63. The number of aromatic nitrogens is 4. The highest BCUT2D eigenvalue weighted by molar-refractivity contribution is 5.23. The highest BCUT2D eigenvalue weighted by atomic mass is 15.3. The van der Waals surface area contributed by atoms with E-state index in [0.717, 1.165) is 24.4 Å². The molecule has 0 bridgehead atoms. The van der Waals surface area contributed by atoms with Crippen LogP contribution in [0, 0.1) is 6.92 Å². The van der Waals surface area contributed by atoms with Crippen molar-refractivity contribution < 1.29 is 0 Å². The third-order valence-electron chi connectivity index (χ3n) is 3.09. The molecular formula is C13H21N5. The minimum Gasteiger partial charge on any atom is -0.304 e. The van der Waals surface area contributed by atoms with Gasteiger partial charge >= 0.3 is 0 Å². The van der Waals surface area contributed by atoms with Gasteiger partial charge in [0.1, 0.15) is 0 Å². The molecule has 0 spiro atoms. The number of nitrogens with zero attached hydrogens (tertiary/aromatic N) is 4. The maximum Gasteiger partial charge on any atom is 0.0918 e. The van der Waals surface area contributed by atoms with Crippen molar-refractivity contribution in [3.05, 3.63) is 35.4 Å². The predicted octanol–water partition coefficient (Wildman–Crippen LogP) is 1.55. The summed E-state index contributed by atoms with van der Waals surface area (Å²) >= 11 is 0. The number of hydrogen-bond donors (Lipinski definition) is 1. The van der Waals surface area contributed by atoms with Crippen LogP contribution >= 0.6 is 0 Å². The van der Waals surface area contributed by atoms with Gasteiger partial charge in [-0.25, -0.2) is 0 Å². The summed E-state index contributed by atoms with van der Waals surface area (Å²) in [6, 6.07) is 4.32. The monoisotopic (exact) mass is 247 g/mol. The minimum atomic E-state index is 0.142. The summed E-state index contributed by atoms with van der Waals surface area (Å²) in [5, 5.41) is 12.2. The van der Waals surface area contributed by atoms with E-state index in [0.29, 0.717) is 0 Å². The minimum absolute atomic E-state index is 0.142. The van der Waals surface area contributed by atoms with E-state index in [4.69, 9.17) is 0 Å². The molecule has 1 N–H and O–H groups in total. The highest BCUT2D eigenvalue weighted by Crippen LogP contribution is 2.21. The largest absolute Gasteiger partial charge is 0.304 e. The van der Waals surface area contributed by atoms with Crippen LogP contribution in [0.5, 0.6) is 0 Å². The third kappa shape index (κ3) is 2.46. The Morgan fingerprint density at radius 2 is 2.06 bits per heavy atom. The Balaban J connectivity index is 2.37. The van der Waals surface area contributed by atoms with Crippen LogP contribution in [0.1, 0.15) is 36.5 Å². The Morgan fingerprint density at radius 3 is 2.56 bits per heavy atom. The molecule has 1 atom stereocenters. The van der Waals surface area contributed by atoms with Crippen LogP contribution in [0.3, 0.4) is 0 Å². The molecule has 0 saturated carbocycles. The van der Waals surface area contributed by atoms with Crippen LogP contribution in [-0.2, 0) is 14.1 Å². The second-order valence-electron chi connectivity index (χ2n) is 4.60. The van der Waals surface area contributed by atoms with Crippen molar-refractivity contribution in [2.75, 3.05) is 6.54 Å². The molecular weight excluding hydrogens is 226 g/mol. The van der Waals surface area contributed by atoms with Gasteiger partial charge in [0.2, 0.25) is 0 Å². The second kappa shape index (κ2) is 5.35. The summed E-state index contributed by atoms with van der Waals surface area (Å²) in [7, 11) is 3.96. The first kappa shape index (κ1) is 12.8. The Kier molecular flexibility index (Phi) is 3.81. The molecule has 18 heavy (non-hydrogen) atoms. The van der Waals surface area contributed by atoms with E-state index in [9.17, 15) is 0 Å². The fourth-order valence-corrected chi connectivity index (χ4v) is 2.22. The molecule has 0 radical (unpaired) electrons. The van der Waals surface area contributed by atoms with E-state index in [1.54, 1.807) is 0 Å². The molecule has 5 nitrogen and oxygen atoms in total. The van der Waals surface area contributed by atoms with Crippen LogP contribution in [0.2, 0.25) is 0 Å². The van der Waals surface area contributed by atoms with Gasteiger partial charge in [-0.15, -0.1) is 0 Å². The molecule has 0 aliphatic carbocycles. The van der Waals surface area contributed by atoms with Crippen molar-refractivity contribution in [1.29, 1.82) is 0 Å². The smallest absolute Gasteiger partial charge is 0.0918 e. The third-order valence-corrected chi connectivity index (χ3v) is 3.09. The predicted molar refractivity (Wildman–Crippen MR) is 71.3 cm³/mol. The zero-order valence-corrected chi connectivity index (χ0v) is 11.5. The summed E-state index contributed by atoms with van der Waals surface area (Å²) in [4.78, 5) is 0. The zero-order chi connectivity index (χ0) is 13.1. The van der Waals surface area contributed by atoms with Crippen molar-refractivity contribution in [3.63, 3.8) is 0 Å². The first-order valence-electron chi connectivity index (χ1n) is 6.35. The molecule has 0 amide bonds. The molecule has 1 unspecified atom stereocenters. The molecule has 0 aliphatic heterocycles. The Labute approximate surface area is 108 Å². The van der Waals surface area contributed by atoms with Gasteiger partial charge in [-0.1, -0.05) is 6.92 Å². The lowest BCUT2D eigenvalue weighted by Gasteiger charge is -2.19. The molecule has 0 aromatic carbocycles.